The minimum atomic E-state index is -0.356. The Labute approximate surface area is 154 Å². The first-order valence-corrected chi connectivity index (χ1v) is 8.46. The van der Waals surface area contributed by atoms with Crippen LogP contribution in [0.1, 0.15) is 13.8 Å². The quantitative estimate of drug-likeness (QED) is 0.579. The van der Waals surface area contributed by atoms with Crippen LogP contribution >= 0.6 is 0 Å². The highest BCUT2D eigenvalue weighted by atomic mass is 19.1. The lowest BCUT2D eigenvalue weighted by Crippen LogP contribution is -2.06. The summed E-state index contributed by atoms with van der Waals surface area (Å²) < 4.78 is 20.7. The SMILES string of the molecule is CC(C)Oc1cccc(Nc2ncc3nnn(-c4cccc(F)c4)c3n2)c1. The van der Waals surface area contributed by atoms with Gasteiger partial charge in [0.25, 0.3) is 0 Å². The summed E-state index contributed by atoms with van der Waals surface area (Å²) in [5.74, 6) is 0.775. The maximum absolute atomic E-state index is 13.5. The zero-order valence-electron chi connectivity index (χ0n) is 14.8. The number of benzene rings is 2. The van der Waals surface area contributed by atoms with E-state index in [2.05, 4.69) is 25.6 Å². The molecular weight excluding hydrogens is 347 g/mol. The molecule has 0 saturated carbocycles. The minimum absolute atomic E-state index is 0.0829. The zero-order valence-corrected chi connectivity index (χ0v) is 14.8. The Kier molecular flexibility index (Phi) is 4.37. The van der Waals surface area contributed by atoms with Crippen LogP contribution in [-0.2, 0) is 0 Å². The first kappa shape index (κ1) is 16.9. The van der Waals surface area contributed by atoms with Gasteiger partial charge in [-0.05, 0) is 44.2 Å². The lowest BCUT2D eigenvalue weighted by Gasteiger charge is -2.11. The molecule has 0 atom stereocenters. The standard InChI is InChI=1S/C19H17FN6O/c1-12(2)27-16-8-4-6-14(10-16)22-19-21-11-17-18(23-19)26(25-24-17)15-7-3-5-13(20)9-15/h3-12H,1-2H3,(H,21,22,23). The van der Waals surface area contributed by atoms with Crippen LogP contribution in [0.5, 0.6) is 5.75 Å². The number of hydrogen-bond acceptors (Lipinski definition) is 6. The highest BCUT2D eigenvalue weighted by Gasteiger charge is 2.11. The van der Waals surface area contributed by atoms with Crippen molar-refractivity contribution in [3.05, 3.63) is 60.5 Å². The predicted molar refractivity (Wildman–Crippen MR) is 99.9 cm³/mol. The topological polar surface area (TPSA) is 77.8 Å². The molecule has 0 radical (unpaired) electrons. The fraction of sp³-hybridized carbons (Fsp3) is 0.158. The van der Waals surface area contributed by atoms with Gasteiger partial charge in [-0.1, -0.05) is 17.3 Å². The molecule has 0 aliphatic heterocycles. The van der Waals surface area contributed by atoms with E-state index >= 15 is 0 Å². The fourth-order valence-corrected chi connectivity index (χ4v) is 2.62. The Morgan fingerprint density at radius 1 is 1.11 bits per heavy atom. The van der Waals surface area contributed by atoms with Crippen molar-refractivity contribution in [2.75, 3.05) is 5.32 Å². The highest BCUT2D eigenvalue weighted by Crippen LogP contribution is 2.22. The van der Waals surface area contributed by atoms with E-state index in [9.17, 15) is 4.39 Å². The van der Waals surface area contributed by atoms with Crippen molar-refractivity contribution < 1.29 is 9.13 Å². The van der Waals surface area contributed by atoms with Gasteiger partial charge in [0.1, 0.15) is 11.6 Å². The van der Waals surface area contributed by atoms with E-state index in [1.54, 1.807) is 18.3 Å². The summed E-state index contributed by atoms with van der Waals surface area (Å²) >= 11 is 0. The molecule has 0 aliphatic carbocycles. The summed E-state index contributed by atoms with van der Waals surface area (Å²) in [6.07, 6.45) is 1.65. The van der Waals surface area contributed by atoms with E-state index in [-0.39, 0.29) is 11.9 Å². The number of nitrogens with one attached hydrogen (secondary N) is 1. The normalized spacial score (nSPS) is 11.1. The Balaban J connectivity index is 1.67. The number of aromatic nitrogens is 5. The Morgan fingerprint density at radius 2 is 1.96 bits per heavy atom. The van der Waals surface area contributed by atoms with Crippen molar-refractivity contribution in [1.29, 1.82) is 0 Å². The summed E-state index contributed by atoms with van der Waals surface area (Å²) in [6, 6.07) is 13.6. The molecule has 0 amide bonds. The van der Waals surface area contributed by atoms with Gasteiger partial charge in [-0.3, -0.25) is 0 Å². The first-order chi connectivity index (χ1) is 13.1. The fourth-order valence-electron chi connectivity index (χ4n) is 2.62. The van der Waals surface area contributed by atoms with Gasteiger partial charge in [-0.15, -0.1) is 5.10 Å². The molecule has 2 heterocycles. The first-order valence-electron chi connectivity index (χ1n) is 8.46. The minimum Gasteiger partial charge on any atom is -0.491 e. The zero-order chi connectivity index (χ0) is 18.8. The average molecular weight is 364 g/mol. The van der Waals surface area contributed by atoms with Gasteiger partial charge in [-0.25, -0.2) is 9.37 Å². The molecule has 0 spiro atoms. The molecule has 0 saturated heterocycles. The third kappa shape index (κ3) is 3.69. The number of halogens is 1. The van der Waals surface area contributed by atoms with Crippen molar-refractivity contribution >= 4 is 22.8 Å². The van der Waals surface area contributed by atoms with Gasteiger partial charge in [0.2, 0.25) is 5.95 Å². The second-order valence-electron chi connectivity index (χ2n) is 6.20. The molecule has 27 heavy (non-hydrogen) atoms. The van der Waals surface area contributed by atoms with Crippen molar-refractivity contribution in [2.24, 2.45) is 0 Å². The second-order valence-corrected chi connectivity index (χ2v) is 6.20. The molecule has 8 heteroatoms. The summed E-state index contributed by atoms with van der Waals surface area (Å²) in [5, 5.41) is 11.2. The number of fused-ring (bicyclic) bond motifs is 1. The molecule has 0 unspecified atom stereocenters. The molecule has 2 aromatic heterocycles. The van der Waals surface area contributed by atoms with Gasteiger partial charge in [0.15, 0.2) is 11.2 Å². The molecule has 0 bridgehead atoms. The summed E-state index contributed by atoms with van der Waals surface area (Å²) in [7, 11) is 0. The molecule has 136 valence electrons. The van der Waals surface area contributed by atoms with E-state index in [1.165, 1.54) is 16.8 Å². The molecule has 2 aromatic carbocycles. The van der Waals surface area contributed by atoms with E-state index in [4.69, 9.17) is 4.74 Å². The number of anilines is 2. The van der Waals surface area contributed by atoms with Gasteiger partial charge in [-0.2, -0.15) is 9.67 Å². The van der Waals surface area contributed by atoms with Crippen molar-refractivity contribution in [2.45, 2.75) is 20.0 Å². The van der Waals surface area contributed by atoms with Gasteiger partial charge in [0.05, 0.1) is 18.0 Å². The predicted octanol–water partition coefficient (Wildman–Crippen LogP) is 3.88. The summed E-state index contributed by atoms with van der Waals surface area (Å²) in [6.45, 7) is 3.94. The monoisotopic (exact) mass is 364 g/mol. The molecule has 0 fully saturated rings. The lowest BCUT2D eigenvalue weighted by atomic mass is 10.3. The third-order valence-corrected chi connectivity index (χ3v) is 3.71. The molecular formula is C19H17FN6O. The van der Waals surface area contributed by atoms with Crippen molar-refractivity contribution in [3.63, 3.8) is 0 Å². The molecule has 4 aromatic rings. The van der Waals surface area contributed by atoms with E-state index in [0.717, 1.165) is 11.4 Å². The third-order valence-electron chi connectivity index (χ3n) is 3.71. The number of nitrogens with zero attached hydrogens (tertiary/aromatic N) is 5. The van der Waals surface area contributed by atoms with Crippen LogP contribution in [-0.4, -0.2) is 31.1 Å². The second kappa shape index (κ2) is 6.99. The van der Waals surface area contributed by atoms with Crippen LogP contribution in [0.15, 0.2) is 54.7 Å². The van der Waals surface area contributed by atoms with Crippen molar-refractivity contribution in [3.8, 4) is 11.4 Å². The largest absolute Gasteiger partial charge is 0.491 e. The van der Waals surface area contributed by atoms with E-state index in [1.807, 2.05) is 38.1 Å². The van der Waals surface area contributed by atoms with Crippen LogP contribution in [0.3, 0.4) is 0 Å². The van der Waals surface area contributed by atoms with Crippen LogP contribution < -0.4 is 10.1 Å². The molecule has 0 aliphatic rings. The average Bonchev–Trinajstić information content (AvgIpc) is 3.05. The van der Waals surface area contributed by atoms with Crippen molar-refractivity contribution in [1.82, 2.24) is 25.0 Å². The Morgan fingerprint density at radius 3 is 2.78 bits per heavy atom. The van der Waals surface area contributed by atoms with E-state index in [0.29, 0.717) is 22.8 Å². The van der Waals surface area contributed by atoms with Gasteiger partial charge in [0, 0.05) is 11.8 Å². The van der Waals surface area contributed by atoms with Gasteiger partial charge >= 0.3 is 0 Å². The van der Waals surface area contributed by atoms with Crippen LogP contribution in [0.4, 0.5) is 16.0 Å². The summed E-state index contributed by atoms with van der Waals surface area (Å²) in [4.78, 5) is 8.74. The molecule has 1 N–H and O–H groups in total. The molecule has 4 rings (SSSR count). The smallest absolute Gasteiger partial charge is 0.229 e. The maximum atomic E-state index is 13.5. The Hall–Kier alpha value is -3.55. The number of rotatable bonds is 5. The number of ether oxygens (including phenoxy) is 1. The van der Waals surface area contributed by atoms with Crippen LogP contribution in [0, 0.1) is 5.82 Å². The maximum Gasteiger partial charge on any atom is 0.229 e. The summed E-state index contributed by atoms with van der Waals surface area (Å²) in [5.41, 5.74) is 2.32. The molecule has 7 nitrogen and oxygen atoms in total. The van der Waals surface area contributed by atoms with Crippen LogP contribution in [0.2, 0.25) is 0 Å². The lowest BCUT2D eigenvalue weighted by molar-refractivity contribution is 0.242. The van der Waals surface area contributed by atoms with E-state index < -0.39 is 0 Å². The Bertz CT molecular complexity index is 1090. The number of hydrogen-bond donors (Lipinski definition) is 1. The van der Waals surface area contributed by atoms with Crippen LogP contribution in [0.25, 0.3) is 16.9 Å². The van der Waals surface area contributed by atoms with Gasteiger partial charge < -0.3 is 10.1 Å². The highest BCUT2D eigenvalue weighted by molar-refractivity contribution is 5.72.